The van der Waals surface area contributed by atoms with E-state index < -0.39 is 42.4 Å². The fourth-order valence-corrected chi connectivity index (χ4v) is 5.77. The highest BCUT2D eigenvalue weighted by Gasteiger charge is 2.49. The molecule has 2 aromatic rings. The summed E-state index contributed by atoms with van der Waals surface area (Å²) >= 11 is 5.19. The molecule has 3 rings (SSSR count). The Morgan fingerprint density at radius 1 is 1.35 bits per heavy atom. The smallest absolute Gasteiger partial charge is 0.325 e. The molecule has 0 saturated carbocycles. The fourth-order valence-electron chi connectivity index (χ4n) is 3.50. The number of anilines is 1. The van der Waals surface area contributed by atoms with E-state index in [-0.39, 0.29) is 22.5 Å². The first-order chi connectivity index (χ1) is 14.1. The van der Waals surface area contributed by atoms with E-state index in [1.165, 1.54) is 10.9 Å². The van der Waals surface area contributed by atoms with Crippen molar-refractivity contribution < 1.29 is 23.8 Å². The Hall–Kier alpha value is -1.40. The maximum Gasteiger partial charge on any atom is 0.325 e. The second-order valence-corrected chi connectivity index (χ2v) is 12.6. The molecule has 0 spiro atoms. The zero-order chi connectivity index (χ0) is 23.4. The third-order valence-electron chi connectivity index (χ3n) is 4.49. The van der Waals surface area contributed by atoms with Crippen LogP contribution < -0.4 is 11.3 Å². The van der Waals surface area contributed by atoms with Crippen LogP contribution in [-0.2, 0) is 25.6 Å². The molecule has 0 radical (unpaired) electrons. The van der Waals surface area contributed by atoms with Gasteiger partial charge >= 0.3 is 6.72 Å². The monoisotopic (exact) mass is 475 g/mol. The minimum atomic E-state index is -3.69. The summed E-state index contributed by atoms with van der Waals surface area (Å²) in [5.74, 6) is -0.0878. The number of hydrogen-bond donors (Lipinski definition) is 4. The lowest BCUT2D eigenvalue weighted by Crippen LogP contribution is -2.36. The number of aliphatic hydroxyl groups excluding tert-OH is 1. The summed E-state index contributed by atoms with van der Waals surface area (Å²) < 4.78 is 18.9. The van der Waals surface area contributed by atoms with Crippen molar-refractivity contribution in [1.82, 2.24) is 19.5 Å². The number of ether oxygens (including phenoxy) is 1. The Morgan fingerprint density at radius 2 is 2.00 bits per heavy atom. The molecule has 5 atom stereocenters. The second-order valence-electron chi connectivity index (χ2n) is 9.84. The predicted molar refractivity (Wildman–Crippen MR) is 119 cm³/mol. The summed E-state index contributed by atoms with van der Waals surface area (Å²) in [4.78, 5) is 33.3. The first kappa shape index (κ1) is 24.2. The van der Waals surface area contributed by atoms with Crippen LogP contribution in [0.5, 0.6) is 0 Å². The van der Waals surface area contributed by atoms with Crippen LogP contribution in [0.1, 0.15) is 54.2 Å². The van der Waals surface area contributed by atoms with Crippen LogP contribution in [0.15, 0.2) is 11.1 Å². The van der Waals surface area contributed by atoms with Gasteiger partial charge in [0.25, 0.3) is 5.56 Å². The molecule has 174 valence electrons. The van der Waals surface area contributed by atoms with E-state index in [1.54, 1.807) is 20.8 Å². The average molecular weight is 476 g/mol. The standard InChI is InChI=1S/C18H30N5O6PS/c1-17(2,3)7-9-12(28-30(26,31)29-18(4,5)6)11(24)15(27-9)23-8-20-10-13(23)21-16(19)22-14(10)25/h8-9,11-12,15,24H,7H2,1-6H3,(H,26,31)(H3,19,21,22,25)/t9-,11?,12?,15-,30?/m1/s1. The number of aromatic nitrogens is 4. The fraction of sp³-hybridized carbons (Fsp3) is 0.722. The zero-order valence-corrected chi connectivity index (χ0v) is 20.1. The Bertz CT molecular complexity index is 1060. The van der Waals surface area contributed by atoms with E-state index in [0.29, 0.717) is 6.42 Å². The van der Waals surface area contributed by atoms with Crippen LogP contribution in [0, 0.1) is 5.41 Å². The van der Waals surface area contributed by atoms with E-state index in [0.717, 1.165) is 0 Å². The maximum absolute atomic E-state index is 12.1. The van der Waals surface area contributed by atoms with Gasteiger partial charge in [0.2, 0.25) is 5.95 Å². The SMILES string of the molecule is CC(C)(C)C[C@H]1O[C@@H](n2cnc3c(=O)[nH]c(N)nc32)C(O)C1OP(O)(=S)OC(C)(C)C. The molecule has 0 amide bonds. The molecule has 11 nitrogen and oxygen atoms in total. The minimum Gasteiger partial charge on any atom is -0.386 e. The number of fused-ring (bicyclic) bond motifs is 1. The minimum absolute atomic E-state index is 0.0603. The van der Waals surface area contributed by atoms with Crippen LogP contribution in [0.4, 0.5) is 5.95 Å². The predicted octanol–water partition coefficient (Wildman–Crippen LogP) is 1.81. The van der Waals surface area contributed by atoms with Gasteiger partial charge < -0.3 is 25.0 Å². The molecule has 1 fully saturated rings. The van der Waals surface area contributed by atoms with Gasteiger partial charge in [0.05, 0.1) is 18.0 Å². The number of hydrogen-bond acceptors (Lipinski definition) is 9. The summed E-state index contributed by atoms with van der Waals surface area (Å²) in [5, 5.41) is 11.1. The van der Waals surface area contributed by atoms with Crippen molar-refractivity contribution in [3.05, 3.63) is 16.7 Å². The van der Waals surface area contributed by atoms with Gasteiger partial charge in [0.1, 0.15) is 12.2 Å². The van der Waals surface area contributed by atoms with Gasteiger partial charge in [0.15, 0.2) is 17.4 Å². The molecular formula is C18H30N5O6PS. The van der Waals surface area contributed by atoms with E-state index in [2.05, 4.69) is 15.0 Å². The Labute approximate surface area is 185 Å². The molecular weight excluding hydrogens is 445 g/mol. The molecule has 3 unspecified atom stereocenters. The largest absolute Gasteiger partial charge is 0.386 e. The molecule has 2 aromatic heterocycles. The van der Waals surface area contributed by atoms with E-state index in [4.69, 9.17) is 31.3 Å². The van der Waals surface area contributed by atoms with Crippen molar-refractivity contribution in [2.45, 2.75) is 78.1 Å². The van der Waals surface area contributed by atoms with E-state index in [1.807, 2.05) is 20.8 Å². The summed E-state index contributed by atoms with van der Waals surface area (Å²) in [6, 6.07) is 0. The number of nitrogens with one attached hydrogen (secondary N) is 1. The van der Waals surface area contributed by atoms with Crippen molar-refractivity contribution in [2.24, 2.45) is 5.41 Å². The zero-order valence-electron chi connectivity index (χ0n) is 18.4. The molecule has 5 N–H and O–H groups in total. The highest BCUT2D eigenvalue weighted by Crippen LogP contribution is 2.52. The Morgan fingerprint density at radius 3 is 2.58 bits per heavy atom. The lowest BCUT2D eigenvalue weighted by molar-refractivity contribution is -0.0457. The number of aromatic amines is 1. The number of imidazole rings is 1. The van der Waals surface area contributed by atoms with Gasteiger partial charge in [0, 0.05) is 0 Å². The molecule has 3 heterocycles. The number of aliphatic hydroxyl groups is 1. The number of rotatable bonds is 5. The Kier molecular flexibility index (Phi) is 6.40. The van der Waals surface area contributed by atoms with Gasteiger partial charge in [-0.05, 0) is 44.4 Å². The van der Waals surface area contributed by atoms with Crippen molar-refractivity contribution in [3.63, 3.8) is 0 Å². The maximum atomic E-state index is 12.1. The quantitative estimate of drug-likeness (QED) is 0.470. The van der Waals surface area contributed by atoms with Crippen LogP contribution in [-0.4, -0.2) is 53.4 Å². The number of nitrogens with zero attached hydrogens (tertiary/aromatic N) is 3. The summed E-state index contributed by atoms with van der Waals surface area (Å²) in [7, 11) is 0. The van der Waals surface area contributed by atoms with Crippen LogP contribution in [0.25, 0.3) is 11.2 Å². The molecule has 1 saturated heterocycles. The number of nitrogens with two attached hydrogens (primary N) is 1. The molecule has 0 aliphatic carbocycles. The van der Waals surface area contributed by atoms with E-state index in [9.17, 15) is 14.8 Å². The summed E-state index contributed by atoms with van der Waals surface area (Å²) in [6.07, 6.45) is -1.98. The van der Waals surface area contributed by atoms with Crippen LogP contribution in [0.2, 0.25) is 0 Å². The molecule has 0 aromatic carbocycles. The van der Waals surface area contributed by atoms with Gasteiger partial charge in [-0.3, -0.25) is 18.9 Å². The summed E-state index contributed by atoms with van der Waals surface area (Å²) in [5.41, 5.74) is 4.47. The highest BCUT2D eigenvalue weighted by atomic mass is 32.5. The average Bonchev–Trinajstić information content (AvgIpc) is 3.07. The van der Waals surface area contributed by atoms with E-state index >= 15 is 0 Å². The van der Waals surface area contributed by atoms with Gasteiger partial charge in [-0.15, -0.1) is 0 Å². The first-order valence-corrected chi connectivity index (χ1v) is 12.4. The van der Waals surface area contributed by atoms with Crippen LogP contribution >= 0.6 is 6.72 Å². The van der Waals surface area contributed by atoms with Gasteiger partial charge in [-0.1, -0.05) is 20.8 Å². The van der Waals surface area contributed by atoms with Crippen molar-refractivity contribution in [1.29, 1.82) is 0 Å². The molecule has 1 aliphatic rings. The lowest BCUT2D eigenvalue weighted by Gasteiger charge is -2.31. The van der Waals surface area contributed by atoms with Gasteiger partial charge in [-0.2, -0.15) is 4.98 Å². The second kappa shape index (κ2) is 8.18. The van der Waals surface area contributed by atoms with Crippen molar-refractivity contribution in [3.8, 4) is 0 Å². The van der Waals surface area contributed by atoms with Crippen LogP contribution in [0.3, 0.4) is 0 Å². The third kappa shape index (κ3) is 5.70. The Balaban J connectivity index is 1.98. The molecule has 1 aliphatic heterocycles. The third-order valence-corrected chi connectivity index (χ3v) is 6.26. The summed E-state index contributed by atoms with van der Waals surface area (Å²) in [6.45, 7) is 7.59. The molecule has 0 bridgehead atoms. The van der Waals surface area contributed by atoms with Crippen molar-refractivity contribution >= 4 is 35.6 Å². The highest BCUT2D eigenvalue weighted by molar-refractivity contribution is 8.07. The normalized spacial score (nSPS) is 27.0. The first-order valence-electron chi connectivity index (χ1n) is 9.84. The molecule has 31 heavy (non-hydrogen) atoms. The topological polar surface area (TPSA) is 158 Å². The van der Waals surface area contributed by atoms with Gasteiger partial charge in [-0.25, -0.2) is 4.98 Å². The lowest BCUT2D eigenvalue weighted by atomic mass is 9.87. The number of H-pyrrole nitrogens is 1. The molecule has 13 heteroatoms. The number of nitrogen functional groups attached to an aromatic ring is 1. The van der Waals surface area contributed by atoms with Crippen molar-refractivity contribution in [2.75, 3.05) is 5.73 Å².